The molecule has 0 aliphatic rings. The minimum Gasteiger partial charge on any atom is -0.210 e. The van der Waals surface area contributed by atoms with Gasteiger partial charge in [0.05, 0.1) is 0 Å². The maximum atomic E-state index is 13.9. The Labute approximate surface area is 210 Å². The lowest BCUT2D eigenvalue weighted by Gasteiger charge is -2.42. The van der Waals surface area contributed by atoms with Gasteiger partial charge >= 0.3 is 47.0 Å². The van der Waals surface area contributed by atoms with Crippen LogP contribution in [0.5, 0.6) is 0 Å². The highest BCUT2D eigenvalue weighted by Gasteiger charge is 2.96. The first-order chi connectivity index (χ1) is 17.1. The minimum absolute atomic E-state index is 0.0412. The van der Waals surface area contributed by atoms with Crippen LogP contribution in [0.15, 0.2) is 0 Å². The van der Waals surface area contributed by atoms with Crippen molar-refractivity contribution in [3.8, 4) is 0 Å². The van der Waals surface area contributed by atoms with E-state index in [0.717, 1.165) is 19.3 Å². The molecule has 0 spiro atoms. The molecule has 0 unspecified atom stereocenters. The second kappa shape index (κ2) is 11.9. The standard InChI is InChI=1S/C18H22F17NO2S/c1-2-3-4-5-6-7-8-9-10-36-39(37,38)18(34,35)16(29,30)14(25,26)12(21,22)11(19,20)13(23,24)15(27,28)17(31,32)33/h36H,2-10H2,1H3. The average Bonchev–Trinajstić information content (AvgIpc) is 2.76. The Morgan fingerprint density at radius 3 is 1.13 bits per heavy atom. The molecule has 0 aromatic heterocycles. The third-order valence-corrected chi connectivity index (χ3v) is 6.87. The van der Waals surface area contributed by atoms with Crippen LogP contribution in [0.1, 0.15) is 58.3 Å². The van der Waals surface area contributed by atoms with E-state index in [1.165, 1.54) is 0 Å². The number of hydrogen-bond donors (Lipinski definition) is 1. The number of hydrogen-bond acceptors (Lipinski definition) is 2. The van der Waals surface area contributed by atoms with Crippen molar-refractivity contribution in [3.05, 3.63) is 0 Å². The molecule has 0 aliphatic carbocycles. The summed E-state index contributed by atoms with van der Waals surface area (Å²) in [6, 6.07) is 0. The summed E-state index contributed by atoms with van der Waals surface area (Å²) in [5.41, 5.74) is 0. The molecule has 0 bridgehead atoms. The van der Waals surface area contributed by atoms with Gasteiger partial charge in [-0.1, -0.05) is 51.9 Å². The number of halogens is 17. The molecule has 0 aromatic carbocycles. The summed E-state index contributed by atoms with van der Waals surface area (Å²) in [5, 5.41) is -7.51. The molecule has 0 saturated heterocycles. The van der Waals surface area contributed by atoms with E-state index in [-0.39, 0.29) is 6.42 Å². The molecule has 39 heavy (non-hydrogen) atoms. The molecule has 21 heteroatoms. The Bertz CT molecular complexity index is 900. The maximum absolute atomic E-state index is 13.9. The van der Waals surface area contributed by atoms with Gasteiger partial charge in [-0.15, -0.1) is 0 Å². The lowest BCUT2D eigenvalue weighted by molar-refractivity contribution is -0.458. The van der Waals surface area contributed by atoms with Gasteiger partial charge < -0.3 is 0 Å². The Morgan fingerprint density at radius 2 is 0.769 bits per heavy atom. The van der Waals surface area contributed by atoms with Crippen LogP contribution in [0.2, 0.25) is 0 Å². The minimum atomic E-state index is -8.82. The van der Waals surface area contributed by atoms with Gasteiger partial charge in [0.2, 0.25) is 0 Å². The van der Waals surface area contributed by atoms with Gasteiger partial charge in [-0.25, -0.2) is 13.1 Å². The first-order valence-corrected chi connectivity index (χ1v) is 12.2. The SMILES string of the molecule is CCCCCCCCCCNS(=O)(=O)C(F)(F)C(F)(F)C(F)(F)C(F)(F)C(F)(F)C(F)(F)C(F)(F)C(F)(F)F. The van der Waals surface area contributed by atoms with E-state index in [1.807, 2.05) is 6.92 Å². The van der Waals surface area contributed by atoms with Crippen molar-refractivity contribution in [3.63, 3.8) is 0 Å². The van der Waals surface area contributed by atoms with Crippen LogP contribution in [-0.2, 0) is 10.0 Å². The molecule has 0 rings (SSSR count). The highest BCUT2D eigenvalue weighted by atomic mass is 32.2. The fourth-order valence-corrected chi connectivity index (χ4v) is 3.93. The van der Waals surface area contributed by atoms with E-state index < -0.39 is 70.0 Å². The summed E-state index contributed by atoms with van der Waals surface area (Å²) in [6.07, 6.45) is -4.08. The molecule has 0 heterocycles. The normalized spacial score (nSPS) is 15.6. The molecule has 0 amide bonds. The van der Waals surface area contributed by atoms with Crippen LogP contribution >= 0.6 is 0 Å². The third kappa shape index (κ3) is 6.47. The molecule has 0 saturated carbocycles. The molecular weight excluding hydrogens is 617 g/mol. The van der Waals surface area contributed by atoms with Crippen molar-refractivity contribution >= 4 is 10.0 Å². The summed E-state index contributed by atoms with van der Waals surface area (Å²) in [4.78, 5) is 0. The average molecular weight is 639 g/mol. The number of unbranched alkanes of at least 4 members (excludes halogenated alkanes) is 7. The maximum Gasteiger partial charge on any atom is 0.460 e. The predicted molar refractivity (Wildman–Crippen MR) is 100 cm³/mol. The predicted octanol–water partition coefficient (Wildman–Crippen LogP) is 8.01. The quantitative estimate of drug-likeness (QED) is 0.130. The molecule has 1 N–H and O–H groups in total. The van der Waals surface area contributed by atoms with Crippen molar-refractivity contribution < 1.29 is 83.1 Å². The van der Waals surface area contributed by atoms with E-state index in [9.17, 15) is 83.1 Å². The van der Waals surface area contributed by atoms with Gasteiger partial charge in [0, 0.05) is 6.54 Å². The summed E-state index contributed by atoms with van der Waals surface area (Å²) in [6.45, 7) is 0.687. The van der Waals surface area contributed by atoms with Crippen LogP contribution in [0.3, 0.4) is 0 Å². The molecular formula is C18H22F17NO2S. The fourth-order valence-electron chi connectivity index (χ4n) is 2.87. The van der Waals surface area contributed by atoms with Crippen LogP contribution in [0.25, 0.3) is 0 Å². The highest BCUT2D eigenvalue weighted by Crippen LogP contribution is 2.64. The second-order valence-electron chi connectivity index (χ2n) is 8.33. The number of alkyl halides is 17. The van der Waals surface area contributed by atoms with E-state index in [1.54, 1.807) is 0 Å². The van der Waals surface area contributed by atoms with Crippen molar-refractivity contribution in [1.29, 1.82) is 0 Å². The molecule has 0 fully saturated rings. The largest absolute Gasteiger partial charge is 0.460 e. The summed E-state index contributed by atoms with van der Waals surface area (Å²) < 4.78 is 249. The van der Waals surface area contributed by atoms with Gasteiger partial charge in [0.1, 0.15) is 0 Å². The summed E-state index contributed by atoms with van der Waals surface area (Å²) >= 11 is 0. The van der Waals surface area contributed by atoms with Gasteiger partial charge in [0.25, 0.3) is 10.0 Å². The molecule has 236 valence electrons. The smallest absolute Gasteiger partial charge is 0.210 e. The topological polar surface area (TPSA) is 46.2 Å². The molecule has 3 nitrogen and oxygen atoms in total. The van der Waals surface area contributed by atoms with Crippen molar-refractivity contribution in [2.24, 2.45) is 0 Å². The van der Waals surface area contributed by atoms with E-state index in [0.29, 0.717) is 24.0 Å². The van der Waals surface area contributed by atoms with Gasteiger partial charge in [0.15, 0.2) is 0 Å². The molecule has 0 aliphatic heterocycles. The second-order valence-corrected chi connectivity index (χ2v) is 10.1. The van der Waals surface area contributed by atoms with Crippen LogP contribution < -0.4 is 4.72 Å². The van der Waals surface area contributed by atoms with E-state index in [2.05, 4.69) is 0 Å². The number of sulfonamides is 1. The molecule has 0 aromatic rings. The highest BCUT2D eigenvalue weighted by molar-refractivity contribution is 7.90. The van der Waals surface area contributed by atoms with Crippen LogP contribution in [-0.4, -0.2) is 61.9 Å². The zero-order valence-electron chi connectivity index (χ0n) is 19.5. The van der Waals surface area contributed by atoms with E-state index >= 15 is 0 Å². The lowest BCUT2D eigenvalue weighted by atomic mass is 9.91. The first kappa shape index (κ1) is 37.7. The fraction of sp³-hybridized carbons (Fsp3) is 1.00. The first-order valence-electron chi connectivity index (χ1n) is 10.8. The molecule has 0 atom stereocenters. The van der Waals surface area contributed by atoms with Crippen molar-refractivity contribution in [2.75, 3.05) is 6.54 Å². The third-order valence-electron chi connectivity index (χ3n) is 5.35. The summed E-state index contributed by atoms with van der Waals surface area (Å²) in [5.74, 6) is -51.5. The Kier molecular flexibility index (Phi) is 11.5. The van der Waals surface area contributed by atoms with Crippen LogP contribution in [0, 0.1) is 0 Å². The Morgan fingerprint density at radius 1 is 0.462 bits per heavy atom. The number of nitrogens with one attached hydrogen (secondary N) is 1. The van der Waals surface area contributed by atoms with Crippen LogP contribution in [0.4, 0.5) is 74.6 Å². The zero-order chi connectivity index (χ0) is 31.6. The van der Waals surface area contributed by atoms with Gasteiger partial charge in [-0.3, -0.25) is 0 Å². The van der Waals surface area contributed by atoms with E-state index in [4.69, 9.17) is 0 Å². The lowest BCUT2D eigenvalue weighted by Crippen LogP contribution is -2.75. The van der Waals surface area contributed by atoms with Gasteiger partial charge in [-0.05, 0) is 6.42 Å². The van der Waals surface area contributed by atoms with Crippen molar-refractivity contribution in [1.82, 2.24) is 4.72 Å². The Balaban J connectivity index is 6.01. The number of rotatable bonds is 17. The Hall–Kier alpha value is -1.28. The monoisotopic (exact) mass is 639 g/mol. The summed E-state index contributed by atoms with van der Waals surface area (Å²) in [7, 11) is -7.21. The van der Waals surface area contributed by atoms with Gasteiger partial charge in [-0.2, -0.15) is 74.6 Å². The molecule has 0 radical (unpaired) electrons. The zero-order valence-corrected chi connectivity index (χ0v) is 20.3. The van der Waals surface area contributed by atoms with Crippen molar-refractivity contribution in [2.45, 2.75) is 105 Å².